The van der Waals surface area contributed by atoms with Crippen molar-refractivity contribution in [3.05, 3.63) is 35.4 Å². The van der Waals surface area contributed by atoms with Gasteiger partial charge in [-0.25, -0.2) is 0 Å². The van der Waals surface area contributed by atoms with Crippen LogP contribution in [0.25, 0.3) is 0 Å². The Morgan fingerprint density at radius 1 is 0.528 bits per heavy atom. The van der Waals surface area contributed by atoms with E-state index < -0.39 is 0 Å². The molecule has 4 N–H and O–H groups in total. The Bertz CT molecular complexity index is 585. The summed E-state index contributed by atoms with van der Waals surface area (Å²) in [6.07, 6.45) is 5.00. The zero-order chi connectivity index (χ0) is 24.9. The summed E-state index contributed by atoms with van der Waals surface area (Å²) in [6.45, 7) is 15.7. The first-order chi connectivity index (χ1) is 17.9. The summed E-state index contributed by atoms with van der Waals surface area (Å²) < 4.78 is 0. The Morgan fingerprint density at radius 2 is 1.06 bits per heavy atom. The van der Waals surface area contributed by atoms with Crippen molar-refractivity contribution < 1.29 is 0 Å². The summed E-state index contributed by atoms with van der Waals surface area (Å²) in [5.41, 5.74) is 2.94. The zero-order valence-corrected chi connectivity index (χ0v) is 24.2. The molecule has 0 aliphatic carbocycles. The Kier molecular flexibility index (Phi) is 17.3. The van der Waals surface area contributed by atoms with Gasteiger partial charge >= 0.3 is 0 Å². The molecule has 0 radical (unpaired) electrons. The fourth-order valence-corrected chi connectivity index (χ4v) is 6.49. The first-order valence-electron chi connectivity index (χ1n) is 14.4. The molecule has 36 heavy (non-hydrogen) atoms. The van der Waals surface area contributed by atoms with Crippen LogP contribution in [0.2, 0.25) is 0 Å². The molecule has 2 aliphatic heterocycles. The van der Waals surface area contributed by atoms with Gasteiger partial charge in [0.25, 0.3) is 0 Å². The lowest BCUT2D eigenvalue weighted by Gasteiger charge is -2.25. The van der Waals surface area contributed by atoms with Crippen molar-refractivity contribution in [3.63, 3.8) is 0 Å². The maximum absolute atomic E-state index is 3.65. The van der Waals surface area contributed by atoms with Crippen molar-refractivity contribution in [1.82, 2.24) is 31.1 Å². The predicted molar refractivity (Wildman–Crippen MR) is 162 cm³/mol. The minimum atomic E-state index is 1.05. The van der Waals surface area contributed by atoms with E-state index in [1.165, 1.54) is 72.9 Å². The molecule has 0 spiro atoms. The second kappa shape index (κ2) is 20.6. The van der Waals surface area contributed by atoms with Crippen LogP contribution in [0.3, 0.4) is 0 Å². The summed E-state index contributed by atoms with van der Waals surface area (Å²) in [5, 5.41) is 14.3. The molecule has 2 fully saturated rings. The number of hydrogen-bond acceptors (Lipinski definition) is 8. The molecule has 0 atom stereocenters. The lowest BCUT2D eigenvalue weighted by atomic mass is 10.1. The van der Waals surface area contributed by atoms with E-state index in [1.807, 2.05) is 0 Å². The zero-order valence-electron chi connectivity index (χ0n) is 22.6. The molecule has 2 heterocycles. The molecule has 0 bridgehead atoms. The normalized spacial score (nSPS) is 22.9. The first-order valence-corrected chi connectivity index (χ1v) is 16.7. The van der Waals surface area contributed by atoms with Crippen molar-refractivity contribution in [2.45, 2.75) is 38.8 Å². The Morgan fingerprint density at radius 3 is 1.72 bits per heavy atom. The molecule has 3 rings (SSSR count). The van der Waals surface area contributed by atoms with E-state index in [9.17, 15) is 0 Å². The molecule has 1 aromatic rings. The van der Waals surface area contributed by atoms with Crippen molar-refractivity contribution in [3.8, 4) is 0 Å². The lowest BCUT2D eigenvalue weighted by molar-refractivity contribution is 0.258. The van der Waals surface area contributed by atoms with E-state index in [4.69, 9.17) is 0 Å². The number of thioether (sulfide) groups is 2. The van der Waals surface area contributed by atoms with Gasteiger partial charge in [0.2, 0.25) is 0 Å². The van der Waals surface area contributed by atoms with Crippen LogP contribution in [0.15, 0.2) is 24.3 Å². The van der Waals surface area contributed by atoms with Gasteiger partial charge in [0, 0.05) is 63.9 Å². The third kappa shape index (κ3) is 14.6. The highest BCUT2D eigenvalue weighted by atomic mass is 32.2. The monoisotopic (exact) mass is 536 g/mol. The van der Waals surface area contributed by atoms with Gasteiger partial charge in [0.1, 0.15) is 0 Å². The quantitative estimate of drug-likeness (QED) is 0.469. The summed E-state index contributed by atoms with van der Waals surface area (Å²) >= 11 is 4.21. The minimum absolute atomic E-state index is 1.05. The highest BCUT2D eigenvalue weighted by Gasteiger charge is 2.10. The molecule has 0 aromatic heterocycles. The molecule has 0 unspecified atom stereocenters. The van der Waals surface area contributed by atoms with Gasteiger partial charge in [-0.15, -0.1) is 0 Å². The number of rotatable bonds is 4. The fraction of sp³-hybridized carbons (Fsp3) is 0.786. The van der Waals surface area contributed by atoms with Crippen molar-refractivity contribution in [1.29, 1.82) is 0 Å². The van der Waals surface area contributed by atoms with Crippen LogP contribution in [0, 0.1) is 0 Å². The second-order valence-corrected chi connectivity index (χ2v) is 12.5. The van der Waals surface area contributed by atoms with Gasteiger partial charge in [-0.05, 0) is 87.6 Å². The standard InChI is InChI=1S/C28H52N6S2/c1-6-27(25-33-17-4-20-35-22-14-32-15-23-36-21-5-18-33)24-28(7-1)26-34-16-3-10-30-12-11-29-8-2-9-31-13-19-34/h1,6-7,24,29-32H,2-5,8-23,25-26H2. The Hall–Kier alpha value is -0.320. The van der Waals surface area contributed by atoms with Gasteiger partial charge in [-0.1, -0.05) is 24.3 Å². The molecule has 8 heteroatoms. The maximum atomic E-state index is 3.65. The summed E-state index contributed by atoms with van der Waals surface area (Å²) in [7, 11) is 0. The average Bonchev–Trinajstić information content (AvgIpc) is 2.88. The van der Waals surface area contributed by atoms with Crippen LogP contribution in [-0.4, -0.2) is 111 Å². The van der Waals surface area contributed by atoms with Gasteiger partial charge < -0.3 is 21.3 Å². The summed E-state index contributed by atoms with van der Waals surface area (Å²) in [4.78, 5) is 5.35. The third-order valence-corrected chi connectivity index (χ3v) is 8.93. The van der Waals surface area contributed by atoms with Crippen LogP contribution in [0.1, 0.15) is 36.8 Å². The molecular weight excluding hydrogens is 484 g/mol. The summed E-state index contributed by atoms with van der Waals surface area (Å²) in [5.74, 6) is 5.04. The van der Waals surface area contributed by atoms with Crippen LogP contribution >= 0.6 is 23.5 Å². The maximum Gasteiger partial charge on any atom is 0.0234 e. The highest BCUT2D eigenvalue weighted by Crippen LogP contribution is 2.14. The van der Waals surface area contributed by atoms with E-state index in [2.05, 4.69) is 78.9 Å². The highest BCUT2D eigenvalue weighted by molar-refractivity contribution is 7.99. The largest absolute Gasteiger partial charge is 0.315 e. The van der Waals surface area contributed by atoms with Crippen LogP contribution in [0.5, 0.6) is 0 Å². The molecule has 1 aromatic carbocycles. The predicted octanol–water partition coefficient (Wildman–Crippen LogP) is 2.70. The van der Waals surface area contributed by atoms with E-state index in [1.54, 1.807) is 0 Å². The number of hydrogen-bond donors (Lipinski definition) is 4. The Labute approximate surface area is 229 Å². The van der Waals surface area contributed by atoms with E-state index in [-0.39, 0.29) is 0 Å². The van der Waals surface area contributed by atoms with Crippen LogP contribution in [-0.2, 0) is 13.1 Å². The number of nitrogens with zero attached hydrogens (tertiary/aromatic N) is 2. The molecule has 2 saturated heterocycles. The lowest BCUT2D eigenvalue weighted by Crippen LogP contribution is -2.36. The van der Waals surface area contributed by atoms with Gasteiger partial charge in [-0.2, -0.15) is 23.5 Å². The molecule has 0 amide bonds. The topological polar surface area (TPSA) is 54.6 Å². The van der Waals surface area contributed by atoms with E-state index in [0.717, 1.165) is 78.5 Å². The van der Waals surface area contributed by atoms with Crippen LogP contribution in [0.4, 0.5) is 0 Å². The van der Waals surface area contributed by atoms with Gasteiger partial charge in [-0.3, -0.25) is 9.80 Å². The van der Waals surface area contributed by atoms with E-state index >= 15 is 0 Å². The molecular formula is C28H52N6S2. The van der Waals surface area contributed by atoms with Gasteiger partial charge in [0.15, 0.2) is 0 Å². The smallest absolute Gasteiger partial charge is 0.0234 e. The van der Waals surface area contributed by atoms with Crippen molar-refractivity contribution >= 4 is 23.5 Å². The van der Waals surface area contributed by atoms with E-state index in [0.29, 0.717) is 0 Å². The molecule has 2 aliphatic rings. The van der Waals surface area contributed by atoms with Gasteiger partial charge in [0.05, 0.1) is 0 Å². The molecule has 206 valence electrons. The number of nitrogens with one attached hydrogen (secondary N) is 4. The summed E-state index contributed by atoms with van der Waals surface area (Å²) in [6, 6.07) is 9.43. The molecule has 6 nitrogen and oxygen atoms in total. The average molecular weight is 537 g/mol. The third-order valence-electron chi connectivity index (χ3n) is 6.79. The molecule has 0 saturated carbocycles. The van der Waals surface area contributed by atoms with Crippen molar-refractivity contribution in [2.24, 2.45) is 0 Å². The van der Waals surface area contributed by atoms with Crippen molar-refractivity contribution in [2.75, 3.05) is 102 Å². The first kappa shape index (κ1) is 30.2. The van der Waals surface area contributed by atoms with Crippen LogP contribution < -0.4 is 21.3 Å². The second-order valence-electron chi connectivity index (χ2n) is 10.0. The fourth-order valence-electron chi connectivity index (χ4n) is 4.84. The SMILES string of the molecule is c1cc(CN2CCCSCCNCCSCCC2)cc(CN2CCCNCCNCCCNCC2)c1. The Balaban J connectivity index is 1.50. The minimum Gasteiger partial charge on any atom is -0.315 e. The number of benzene rings is 1.